The molecule has 10 heteroatoms. The van der Waals surface area contributed by atoms with Gasteiger partial charge in [-0.15, -0.1) is 0 Å². The van der Waals surface area contributed by atoms with Crippen LogP contribution in [0.4, 0.5) is 0 Å². The van der Waals surface area contributed by atoms with Gasteiger partial charge in [-0.05, 0) is 31.9 Å². The number of carbonyl (C=O) groups excluding carboxylic acids is 1. The summed E-state index contributed by atoms with van der Waals surface area (Å²) >= 11 is 0. The molecule has 1 saturated heterocycles. The first-order chi connectivity index (χ1) is 13.8. The van der Waals surface area contributed by atoms with Gasteiger partial charge in [0.25, 0.3) is 0 Å². The number of hydrogen-bond acceptors (Lipinski definition) is 7. The molecule has 3 rings (SSSR count). The normalized spacial score (nSPS) is 16.0. The maximum atomic E-state index is 12.7. The minimum absolute atomic E-state index is 0.0420. The molecule has 0 bridgehead atoms. The molecule has 29 heavy (non-hydrogen) atoms. The van der Waals surface area contributed by atoms with Crippen LogP contribution in [0, 0.1) is 5.92 Å². The lowest BCUT2D eigenvalue weighted by Gasteiger charge is -2.32. The molecule has 0 aliphatic carbocycles. The molecule has 2 heterocycles. The maximum absolute atomic E-state index is 12.7. The summed E-state index contributed by atoms with van der Waals surface area (Å²) in [4.78, 5) is 18.7. The Hall–Kier alpha value is -2.46. The van der Waals surface area contributed by atoms with E-state index in [2.05, 4.69) is 10.1 Å². The highest BCUT2D eigenvalue weighted by molar-refractivity contribution is 7.89. The molecule has 0 atom stereocenters. The lowest BCUT2D eigenvalue weighted by Crippen LogP contribution is -2.43. The van der Waals surface area contributed by atoms with Crippen molar-refractivity contribution in [3.8, 4) is 17.1 Å². The van der Waals surface area contributed by atoms with Gasteiger partial charge in [0.05, 0.1) is 19.4 Å². The van der Waals surface area contributed by atoms with Crippen molar-refractivity contribution in [2.45, 2.75) is 26.3 Å². The summed E-state index contributed by atoms with van der Waals surface area (Å²) in [5.41, 5.74) is 0.762. The van der Waals surface area contributed by atoms with Crippen molar-refractivity contribution in [1.29, 1.82) is 0 Å². The number of ether oxygens (including phenoxy) is 1. The molecule has 1 amide bonds. The summed E-state index contributed by atoms with van der Waals surface area (Å²) in [6.07, 6.45) is 1.03. The molecule has 9 nitrogen and oxygen atoms in total. The summed E-state index contributed by atoms with van der Waals surface area (Å²) in [7, 11) is 0.0726. The zero-order valence-electron chi connectivity index (χ0n) is 16.9. The third-order valence-corrected chi connectivity index (χ3v) is 6.99. The van der Waals surface area contributed by atoms with Gasteiger partial charge in [-0.1, -0.05) is 17.3 Å². The number of carbonyl (C=O) groups is 1. The van der Waals surface area contributed by atoms with Gasteiger partial charge in [-0.3, -0.25) is 4.79 Å². The van der Waals surface area contributed by atoms with Crippen molar-refractivity contribution in [1.82, 2.24) is 19.3 Å². The van der Waals surface area contributed by atoms with Crippen LogP contribution < -0.4 is 4.74 Å². The fourth-order valence-corrected chi connectivity index (χ4v) is 4.49. The molecule has 2 aromatic rings. The maximum Gasteiger partial charge on any atom is 0.246 e. The van der Waals surface area contributed by atoms with E-state index in [1.165, 1.54) is 4.31 Å². The van der Waals surface area contributed by atoms with Crippen LogP contribution in [0.25, 0.3) is 11.4 Å². The zero-order valence-corrected chi connectivity index (χ0v) is 17.7. The molecule has 0 N–H and O–H groups in total. The van der Waals surface area contributed by atoms with Gasteiger partial charge in [0.2, 0.25) is 27.6 Å². The van der Waals surface area contributed by atoms with Gasteiger partial charge < -0.3 is 14.2 Å². The third kappa shape index (κ3) is 4.94. The van der Waals surface area contributed by atoms with E-state index in [0.29, 0.717) is 43.4 Å². The van der Waals surface area contributed by atoms with Gasteiger partial charge in [0, 0.05) is 31.6 Å². The number of nitrogens with zero attached hydrogens (tertiary/aromatic N) is 4. The smallest absolute Gasteiger partial charge is 0.246 e. The van der Waals surface area contributed by atoms with Crippen LogP contribution in [-0.2, 0) is 21.4 Å². The molecule has 1 aromatic carbocycles. The average Bonchev–Trinajstić information content (AvgIpc) is 3.21. The number of rotatable bonds is 7. The summed E-state index contributed by atoms with van der Waals surface area (Å²) in [6.45, 7) is 2.58. The number of amides is 1. The number of methoxy groups -OCH3 is 1. The largest absolute Gasteiger partial charge is 0.497 e. The van der Waals surface area contributed by atoms with E-state index in [9.17, 15) is 13.2 Å². The SMILES string of the molecule is CCS(=O)(=O)N1CCC(C(=O)N(C)Cc2nc(-c3cccc(OC)c3)no2)CC1. The van der Waals surface area contributed by atoms with Crippen molar-refractivity contribution < 1.29 is 22.5 Å². The quantitative estimate of drug-likeness (QED) is 0.669. The molecule has 158 valence electrons. The van der Waals surface area contributed by atoms with E-state index < -0.39 is 10.0 Å². The van der Waals surface area contributed by atoms with E-state index in [1.54, 1.807) is 26.0 Å². The summed E-state index contributed by atoms with van der Waals surface area (Å²) in [5, 5.41) is 3.98. The average molecular weight is 423 g/mol. The minimum Gasteiger partial charge on any atom is -0.497 e. The van der Waals surface area contributed by atoms with E-state index in [4.69, 9.17) is 9.26 Å². The van der Waals surface area contributed by atoms with Crippen LogP contribution in [0.3, 0.4) is 0 Å². The Labute approximate surface area is 170 Å². The Bertz CT molecular complexity index is 951. The molecule has 1 aromatic heterocycles. The standard InChI is InChI=1S/C19H26N4O5S/c1-4-29(25,26)23-10-8-14(9-11-23)19(24)22(2)13-17-20-18(21-28-17)15-6-5-7-16(12-15)27-3/h5-7,12,14H,4,8-11,13H2,1-3H3. The molecule has 0 radical (unpaired) electrons. The monoisotopic (exact) mass is 422 g/mol. The molecule has 0 spiro atoms. The Morgan fingerprint density at radius 2 is 2.07 bits per heavy atom. The summed E-state index contributed by atoms with van der Waals surface area (Å²) in [6, 6.07) is 7.32. The molecule has 1 fully saturated rings. The first-order valence-electron chi connectivity index (χ1n) is 9.54. The number of sulfonamides is 1. The summed E-state index contributed by atoms with van der Waals surface area (Å²) < 4.78 is 35.9. The van der Waals surface area contributed by atoms with Crippen molar-refractivity contribution in [2.24, 2.45) is 5.92 Å². The summed E-state index contributed by atoms with van der Waals surface area (Å²) in [5.74, 6) is 1.29. The highest BCUT2D eigenvalue weighted by Gasteiger charge is 2.31. The van der Waals surface area contributed by atoms with Gasteiger partial charge in [-0.2, -0.15) is 4.98 Å². The molecular formula is C19H26N4O5S. The van der Waals surface area contributed by atoms with Crippen molar-refractivity contribution in [2.75, 3.05) is 33.0 Å². The highest BCUT2D eigenvalue weighted by atomic mass is 32.2. The Kier molecular flexibility index (Phi) is 6.53. The van der Waals surface area contributed by atoms with Crippen LogP contribution in [0.15, 0.2) is 28.8 Å². The van der Waals surface area contributed by atoms with Crippen LogP contribution in [-0.4, -0.2) is 66.7 Å². The second kappa shape index (κ2) is 8.91. The predicted octanol–water partition coefficient (Wildman–Crippen LogP) is 1.77. The fourth-order valence-electron chi connectivity index (χ4n) is 3.35. The number of benzene rings is 1. The predicted molar refractivity (Wildman–Crippen MR) is 107 cm³/mol. The van der Waals surface area contributed by atoms with Gasteiger partial charge in [0.1, 0.15) is 5.75 Å². The van der Waals surface area contributed by atoms with E-state index >= 15 is 0 Å². The Morgan fingerprint density at radius 1 is 1.34 bits per heavy atom. The highest BCUT2D eigenvalue weighted by Crippen LogP contribution is 2.24. The first-order valence-corrected chi connectivity index (χ1v) is 11.1. The molecule has 1 aliphatic rings. The molecule has 1 aliphatic heterocycles. The lowest BCUT2D eigenvalue weighted by atomic mass is 9.97. The second-order valence-electron chi connectivity index (χ2n) is 7.01. The van der Waals surface area contributed by atoms with Gasteiger partial charge in [0.15, 0.2) is 0 Å². The van der Waals surface area contributed by atoms with E-state index in [0.717, 1.165) is 5.56 Å². The molecule has 0 saturated carbocycles. The van der Waals surface area contributed by atoms with Crippen LogP contribution in [0.5, 0.6) is 5.75 Å². The van der Waals surface area contributed by atoms with E-state index in [1.807, 2.05) is 24.3 Å². The zero-order chi connectivity index (χ0) is 21.0. The third-order valence-electron chi connectivity index (χ3n) is 5.11. The lowest BCUT2D eigenvalue weighted by molar-refractivity contribution is -0.136. The van der Waals surface area contributed by atoms with Gasteiger partial charge in [-0.25, -0.2) is 12.7 Å². The number of aromatic nitrogens is 2. The van der Waals surface area contributed by atoms with Crippen molar-refractivity contribution in [3.05, 3.63) is 30.2 Å². The Morgan fingerprint density at radius 3 is 2.72 bits per heavy atom. The van der Waals surface area contributed by atoms with E-state index in [-0.39, 0.29) is 24.1 Å². The van der Waals surface area contributed by atoms with Gasteiger partial charge >= 0.3 is 0 Å². The topological polar surface area (TPSA) is 106 Å². The van der Waals surface area contributed by atoms with Crippen LogP contribution >= 0.6 is 0 Å². The minimum atomic E-state index is -3.20. The van der Waals surface area contributed by atoms with Crippen molar-refractivity contribution >= 4 is 15.9 Å². The Balaban J connectivity index is 1.59. The fraction of sp³-hybridized carbons (Fsp3) is 0.526. The second-order valence-corrected chi connectivity index (χ2v) is 9.27. The van der Waals surface area contributed by atoms with Crippen molar-refractivity contribution in [3.63, 3.8) is 0 Å². The molecular weight excluding hydrogens is 396 g/mol. The molecule has 0 unspecified atom stereocenters. The first kappa shape index (κ1) is 21.3. The van der Waals surface area contributed by atoms with Crippen LogP contribution in [0.2, 0.25) is 0 Å². The number of hydrogen-bond donors (Lipinski definition) is 0. The van der Waals surface area contributed by atoms with Crippen LogP contribution in [0.1, 0.15) is 25.7 Å². The number of piperidine rings is 1.